The Hall–Kier alpha value is -0.200. The first-order valence-electron chi connectivity index (χ1n) is 5.22. The van der Waals surface area contributed by atoms with Crippen LogP contribution in [0.5, 0.6) is 0 Å². The third kappa shape index (κ3) is 13.8. The van der Waals surface area contributed by atoms with Gasteiger partial charge in [-0.25, -0.2) is 0 Å². The van der Waals surface area contributed by atoms with Gasteiger partial charge in [-0.2, -0.15) is 0 Å². The molecule has 0 fully saturated rings. The third-order valence-corrected chi connectivity index (χ3v) is 1.46. The lowest BCUT2D eigenvalue weighted by molar-refractivity contribution is -0.0169. The minimum absolute atomic E-state index is 0.335. The van der Waals surface area contributed by atoms with Gasteiger partial charge in [0.25, 0.3) is 0 Å². The normalized spacial score (nSPS) is 15.2. The highest BCUT2D eigenvalue weighted by molar-refractivity contribution is 4.42. The first-order chi connectivity index (χ1) is 7.13. The van der Waals surface area contributed by atoms with Crippen molar-refractivity contribution in [2.45, 2.75) is 26.1 Å². The third-order valence-electron chi connectivity index (χ3n) is 1.46. The van der Waals surface area contributed by atoms with E-state index in [1.807, 2.05) is 0 Å². The average molecular weight is 222 g/mol. The van der Waals surface area contributed by atoms with Crippen LogP contribution in [0.4, 0.5) is 0 Å². The molecule has 2 atom stereocenters. The van der Waals surface area contributed by atoms with Gasteiger partial charge < -0.3 is 24.4 Å². The van der Waals surface area contributed by atoms with Gasteiger partial charge in [-0.15, -0.1) is 0 Å². The summed E-state index contributed by atoms with van der Waals surface area (Å²) < 4.78 is 15.4. The minimum atomic E-state index is -0.431. The Kier molecular flexibility index (Phi) is 10.2. The topological polar surface area (TPSA) is 68.2 Å². The van der Waals surface area contributed by atoms with E-state index in [0.717, 1.165) is 0 Å². The van der Waals surface area contributed by atoms with Gasteiger partial charge in [0.1, 0.15) is 0 Å². The summed E-state index contributed by atoms with van der Waals surface area (Å²) in [6, 6.07) is 0. The van der Waals surface area contributed by atoms with Gasteiger partial charge >= 0.3 is 0 Å². The largest absolute Gasteiger partial charge is 0.391 e. The van der Waals surface area contributed by atoms with Crippen molar-refractivity contribution in [3.63, 3.8) is 0 Å². The number of rotatable bonds is 10. The molecular formula is C10H22O5. The molecule has 0 spiro atoms. The standard InChI is InChI=1S/C10H22O5/c1-9(11)7-14-5-3-13-4-6-15-8-10(2)12/h9-12H,3-8H2,1-2H3/t9-,10-/m0/s1. The molecule has 0 aliphatic carbocycles. The van der Waals surface area contributed by atoms with Crippen molar-refractivity contribution in [1.82, 2.24) is 0 Å². The zero-order valence-electron chi connectivity index (χ0n) is 9.52. The molecule has 0 saturated carbocycles. The van der Waals surface area contributed by atoms with Crippen LogP contribution in [0.1, 0.15) is 13.8 Å². The summed E-state index contributed by atoms with van der Waals surface area (Å²) in [6.07, 6.45) is -0.862. The monoisotopic (exact) mass is 222 g/mol. The fourth-order valence-corrected chi connectivity index (χ4v) is 0.846. The van der Waals surface area contributed by atoms with Gasteiger partial charge in [0.15, 0.2) is 0 Å². The van der Waals surface area contributed by atoms with Gasteiger partial charge in [0, 0.05) is 0 Å². The van der Waals surface area contributed by atoms with Crippen molar-refractivity contribution < 1.29 is 24.4 Å². The Bertz CT molecular complexity index is 113. The van der Waals surface area contributed by atoms with E-state index in [1.165, 1.54) is 0 Å². The Morgan fingerprint density at radius 1 is 0.733 bits per heavy atom. The van der Waals surface area contributed by atoms with Crippen molar-refractivity contribution >= 4 is 0 Å². The van der Waals surface area contributed by atoms with E-state index in [4.69, 9.17) is 24.4 Å². The van der Waals surface area contributed by atoms with Crippen molar-refractivity contribution in [2.75, 3.05) is 39.6 Å². The highest BCUT2D eigenvalue weighted by Crippen LogP contribution is 1.86. The molecule has 5 nitrogen and oxygen atoms in total. The molecule has 0 unspecified atom stereocenters. The van der Waals surface area contributed by atoms with Crippen molar-refractivity contribution in [2.24, 2.45) is 0 Å². The van der Waals surface area contributed by atoms with E-state index in [0.29, 0.717) is 39.6 Å². The van der Waals surface area contributed by atoms with Gasteiger partial charge in [0.05, 0.1) is 51.8 Å². The Balaban J connectivity index is 2.93. The number of aliphatic hydroxyl groups is 2. The van der Waals surface area contributed by atoms with Crippen LogP contribution in [-0.2, 0) is 14.2 Å². The van der Waals surface area contributed by atoms with E-state index in [2.05, 4.69) is 0 Å². The molecule has 5 heteroatoms. The Morgan fingerprint density at radius 2 is 1.07 bits per heavy atom. The van der Waals surface area contributed by atoms with Crippen molar-refractivity contribution in [3.05, 3.63) is 0 Å². The van der Waals surface area contributed by atoms with Crippen LogP contribution >= 0.6 is 0 Å². The van der Waals surface area contributed by atoms with E-state index >= 15 is 0 Å². The zero-order valence-corrected chi connectivity index (χ0v) is 9.52. The molecule has 0 bridgehead atoms. The second kappa shape index (κ2) is 10.3. The molecule has 0 heterocycles. The van der Waals surface area contributed by atoms with E-state index in [1.54, 1.807) is 13.8 Å². The molecule has 0 saturated heterocycles. The fraction of sp³-hybridized carbons (Fsp3) is 1.00. The minimum Gasteiger partial charge on any atom is -0.391 e. The number of aliphatic hydroxyl groups excluding tert-OH is 2. The van der Waals surface area contributed by atoms with Crippen LogP contribution in [0.25, 0.3) is 0 Å². The van der Waals surface area contributed by atoms with E-state index in [-0.39, 0.29) is 0 Å². The molecule has 0 aliphatic heterocycles. The maximum atomic E-state index is 8.87. The predicted octanol–water partition coefficient (Wildman–Crippen LogP) is -0.202. The Morgan fingerprint density at radius 3 is 1.40 bits per heavy atom. The highest BCUT2D eigenvalue weighted by atomic mass is 16.5. The second-order valence-electron chi connectivity index (χ2n) is 3.46. The fourth-order valence-electron chi connectivity index (χ4n) is 0.846. The summed E-state index contributed by atoms with van der Waals surface area (Å²) in [5, 5.41) is 17.7. The van der Waals surface area contributed by atoms with Gasteiger partial charge in [-0.05, 0) is 13.8 Å². The molecule has 2 N–H and O–H groups in total. The number of hydrogen-bond acceptors (Lipinski definition) is 5. The molecule has 0 aromatic heterocycles. The molecule has 0 aliphatic rings. The van der Waals surface area contributed by atoms with Gasteiger partial charge in [0.2, 0.25) is 0 Å². The van der Waals surface area contributed by atoms with E-state index < -0.39 is 12.2 Å². The smallest absolute Gasteiger partial charge is 0.0745 e. The molecule has 0 aromatic rings. The van der Waals surface area contributed by atoms with Crippen LogP contribution in [0.2, 0.25) is 0 Å². The molecular weight excluding hydrogens is 200 g/mol. The average Bonchev–Trinajstić information content (AvgIpc) is 2.14. The summed E-state index contributed by atoms with van der Waals surface area (Å²) >= 11 is 0. The summed E-state index contributed by atoms with van der Waals surface area (Å²) in [7, 11) is 0. The molecule has 0 radical (unpaired) electrons. The van der Waals surface area contributed by atoms with Crippen LogP contribution in [0.3, 0.4) is 0 Å². The van der Waals surface area contributed by atoms with Crippen LogP contribution in [0, 0.1) is 0 Å². The Labute approximate surface area is 91.0 Å². The highest BCUT2D eigenvalue weighted by Gasteiger charge is 1.96. The van der Waals surface area contributed by atoms with Gasteiger partial charge in [-0.3, -0.25) is 0 Å². The first-order valence-corrected chi connectivity index (χ1v) is 5.22. The maximum absolute atomic E-state index is 8.87. The molecule has 0 rings (SSSR count). The van der Waals surface area contributed by atoms with Crippen molar-refractivity contribution in [1.29, 1.82) is 0 Å². The van der Waals surface area contributed by atoms with Crippen molar-refractivity contribution in [3.8, 4) is 0 Å². The lowest BCUT2D eigenvalue weighted by Gasteiger charge is -2.08. The molecule has 0 aromatic carbocycles. The summed E-state index contributed by atoms with van der Waals surface area (Å²) in [5.41, 5.74) is 0. The summed E-state index contributed by atoms with van der Waals surface area (Å²) in [4.78, 5) is 0. The molecule has 0 amide bonds. The lowest BCUT2D eigenvalue weighted by atomic mass is 10.4. The summed E-state index contributed by atoms with van der Waals surface area (Å²) in [6.45, 7) is 5.94. The van der Waals surface area contributed by atoms with Crippen LogP contribution < -0.4 is 0 Å². The maximum Gasteiger partial charge on any atom is 0.0745 e. The number of hydrogen-bond donors (Lipinski definition) is 2. The predicted molar refractivity (Wildman–Crippen MR) is 55.8 cm³/mol. The van der Waals surface area contributed by atoms with E-state index in [9.17, 15) is 0 Å². The lowest BCUT2D eigenvalue weighted by Crippen LogP contribution is -2.16. The second-order valence-corrected chi connectivity index (χ2v) is 3.46. The zero-order chi connectivity index (χ0) is 11.5. The van der Waals surface area contributed by atoms with Crippen LogP contribution in [0.15, 0.2) is 0 Å². The SMILES string of the molecule is C[C@H](O)COCCOCCOC[C@H](C)O. The number of ether oxygens (including phenoxy) is 3. The van der Waals surface area contributed by atoms with Gasteiger partial charge in [-0.1, -0.05) is 0 Å². The summed E-state index contributed by atoms with van der Waals surface area (Å²) in [5.74, 6) is 0. The van der Waals surface area contributed by atoms with Crippen LogP contribution in [-0.4, -0.2) is 62.1 Å². The first kappa shape index (κ1) is 14.8. The molecule has 92 valence electrons. The quantitative estimate of drug-likeness (QED) is 0.501. The molecule has 15 heavy (non-hydrogen) atoms.